The standard InChI is InChI=1S/C19H17FN2O3/c20-16-12-21(17-9-4-10-25-17)19(24)22(18(16)23)11-14-7-3-6-13-5-1-2-8-15(13)14/h1-3,5-8,12,17H,4,9-11H2. The van der Waals surface area contributed by atoms with Crippen LogP contribution in [-0.4, -0.2) is 15.7 Å². The van der Waals surface area contributed by atoms with Gasteiger partial charge in [0.15, 0.2) is 0 Å². The Morgan fingerprint density at radius 2 is 1.92 bits per heavy atom. The van der Waals surface area contributed by atoms with E-state index in [9.17, 15) is 14.0 Å². The fourth-order valence-corrected chi connectivity index (χ4v) is 3.31. The van der Waals surface area contributed by atoms with Crippen molar-refractivity contribution in [2.24, 2.45) is 0 Å². The third kappa shape index (κ3) is 2.78. The molecular weight excluding hydrogens is 323 g/mol. The van der Waals surface area contributed by atoms with Crippen LogP contribution in [0.5, 0.6) is 0 Å². The van der Waals surface area contributed by atoms with Crippen molar-refractivity contribution < 1.29 is 9.13 Å². The van der Waals surface area contributed by atoms with Crippen LogP contribution in [0.4, 0.5) is 4.39 Å². The zero-order chi connectivity index (χ0) is 17.4. The largest absolute Gasteiger partial charge is 0.358 e. The maximum atomic E-state index is 14.1. The van der Waals surface area contributed by atoms with E-state index in [1.165, 1.54) is 4.57 Å². The number of hydrogen-bond donors (Lipinski definition) is 0. The van der Waals surface area contributed by atoms with Gasteiger partial charge < -0.3 is 4.74 Å². The van der Waals surface area contributed by atoms with Crippen molar-refractivity contribution in [1.29, 1.82) is 0 Å². The Kier molecular flexibility index (Phi) is 3.97. The summed E-state index contributed by atoms with van der Waals surface area (Å²) < 4.78 is 21.7. The minimum Gasteiger partial charge on any atom is -0.358 e. The van der Waals surface area contributed by atoms with Gasteiger partial charge in [-0.25, -0.2) is 4.79 Å². The lowest BCUT2D eigenvalue weighted by Gasteiger charge is -2.16. The highest BCUT2D eigenvalue weighted by Gasteiger charge is 2.22. The van der Waals surface area contributed by atoms with E-state index < -0.39 is 23.3 Å². The molecule has 3 aromatic rings. The molecule has 0 spiro atoms. The molecule has 0 N–H and O–H groups in total. The molecular formula is C19H17FN2O3. The number of fused-ring (bicyclic) bond motifs is 1. The molecule has 1 saturated heterocycles. The normalized spacial score (nSPS) is 17.2. The van der Waals surface area contributed by atoms with E-state index in [0.29, 0.717) is 13.0 Å². The van der Waals surface area contributed by atoms with Gasteiger partial charge in [0.1, 0.15) is 6.23 Å². The molecule has 6 heteroatoms. The van der Waals surface area contributed by atoms with Crippen LogP contribution < -0.4 is 11.2 Å². The van der Waals surface area contributed by atoms with Crippen LogP contribution in [0.3, 0.4) is 0 Å². The third-order valence-electron chi connectivity index (χ3n) is 4.58. The van der Waals surface area contributed by atoms with Crippen LogP contribution in [0.15, 0.2) is 58.3 Å². The predicted octanol–water partition coefficient (Wildman–Crippen LogP) is 2.66. The minimum absolute atomic E-state index is 0.0174. The zero-order valence-corrected chi connectivity index (χ0v) is 13.5. The molecule has 0 bridgehead atoms. The predicted molar refractivity (Wildman–Crippen MR) is 92.2 cm³/mol. The molecule has 4 rings (SSSR count). The topological polar surface area (TPSA) is 53.2 Å². The smallest absolute Gasteiger partial charge is 0.333 e. The highest BCUT2D eigenvalue weighted by molar-refractivity contribution is 5.85. The van der Waals surface area contributed by atoms with E-state index in [4.69, 9.17) is 4.74 Å². The Bertz CT molecular complexity index is 1040. The number of hydrogen-bond acceptors (Lipinski definition) is 3. The SMILES string of the molecule is O=c1c(F)cn(C2CCCO2)c(=O)n1Cc1cccc2ccccc12. The van der Waals surface area contributed by atoms with Crippen molar-refractivity contribution in [2.75, 3.05) is 6.61 Å². The molecule has 128 valence electrons. The summed E-state index contributed by atoms with van der Waals surface area (Å²) in [7, 11) is 0. The maximum absolute atomic E-state index is 14.1. The number of benzene rings is 2. The number of rotatable bonds is 3. The van der Waals surface area contributed by atoms with E-state index in [1.807, 2.05) is 42.5 Å². The zero-order valence-electron chi connectivity index (χ0n) is 13.5. The molecule has 2 heterocycles. The number of halogens is 1. The van der Waals surface area contributed by atoms with Gasteiger partial charge in [0, 0.05) is 6.61 Å². The first-order valence-electron chi connectivity index (χ1n) is 8.25. The van der Waals surface area contributed by atoms with Gasteiger partial charge in [-0.15, -0.1) is 0 Å². The van der Waals surface area contributed by atoms with Gasteiger partial charge >= 0.3 is 5.69 Å². The Hall–Kier alpha value is -2.73. The van der Waals surface area contributed by atoms with Gasteiger partial charge in [0.05, 0.1) is 12.7 Å². The molecule has 1 aromatic heterocycles. The Labute approximate surface area is 142 Å². The van der Waals surface area contributed by atoms with Gasteiger partial charge in [0.2, 0.25) is 5.82 Å². The molecule has 1 unspecified atom stereocenters. The van der Waals surface area contributed by atoms with Crippen molar-refractivity contribution >= 4 is 10.8 Å². The van der Waals surface area contributed by atoms with E-state index in [0.717, 1.165) is 33.5 Å². The average molecular weight is 340 g/mol. The highest BCUT2D eigenvalue weighted by atomic mass is 19.1. The van der Waals surface area contributed by atoms with Crippen LogP contribution >= 0.6 is 0 Å². The van der Waals surface area contributed by atoms with Gasteiger partial charge in [-0.2, -0.15) is 4.39 Å². The molecule has 0 aliphatic carbocycles. The summed E-state index contributed by atoms with van der Waals surface area (Å²) in [4.78, 5) is 25.0. The second-order valence-electron chi connectivity index (χ2n) is 6.16. The molecule has 1 aliphatic heterocycles. The second kappa shape index (κ2) is 6.29. The van der Waals surface area contributed by atoms with Crippen LogP contribution in [0.1, 0.15) is 24.6 Å². The summed E-state index contributed by atoms with van der Waals surface area (Å²) in [5, 5.41) is 1.94. The number of aromatic nitrogens is 2. The average Bonchev–Trinajstić information content (AvgIpc) is 3.16. The van der Waals surface area contributed by atoms with Gasteiger partial charge in [-0.05, 0) is 29.2 Å². The van der Waals surface area contributed by atoms with Crippen LogP contribution in [0.2, 0.25) is 0 Å². The Morgan fingerprint density at radius 3 is 2.72 bits per heavy atom. The number of ether oxygens (including phenoxy) is 1. The first-order valence-corrected chi connectivity index (χ1v) is 8.25. The molecule has 0 amide bonds. The summed E-state index contributed by atoms with van der Waals surface area (Å²) in [5.41, 5.74) is -0.666. The van der Waals surface area contributed by atoms with Crippen LogP contribution in [-0.2, 0) is 11.3 Å². The summed E-state index contributed by atoms with van der Waals surface area (Å²) in [6, 6.07) is 13.4. The molecule has 2 aromatic carbocycles. The van der Waals surface area contributed by atoms with E-state index in [-0.39, 0.29) is 6.54 Å². The van der Waals surface area contributed by atoms with Crippen molar-refractivity contribution in [1.82, 2.24) is 9.13 Å². The van der Waals surface area contributed by atoms with Crippen LogP contribution in [0, 0.1) is 5.82 Å². The van der Waals surface area contributed by atoms with Crippen molar-refractivity contribution in [3.05, 3.63) is 80.9 Å². The molecule has 25 heavy (non-hydrogen) atoms. The molecule has 5 nitrogen and oxygen atoms in total. The van der Waals surface area contributed by atoms with Gasteiger partial charge in [-0.3, -0.25) is 13.9 Å². The summed E-state index contributed by atoms with van der Waals surface area (Å²) in [6.45, 7) is 0.546. The summed E-state index contributed by atoms with van der Waals surface area (Å²) in [5.74, 6) is -0.949. The van der Waals surface area contributed by atoms with Gasteiger partial charge in [0.25, 0.3) is 5.56 Å². The quantitative estimate of drug-likeness (QED) is 0.737. The molecule has 1 fully saturated rings. The molecule has 1 aliphatic rings. The monoisotopic (exact) mass is 340 g/mol. The molecule has 0 saturated carbocycles. The Morgan fingerprint density at radius 1 is 1.12 bits per heavy atom. The fourth-order valence-electron chi connectivity index (χ4n) is 3.31. The Balaban J connectivity index is 1.85. The van der Waals surface area contributed by atoms with E-state index >= 15 is 0 Å². The molecule has 1 atom stereocenters. The fraction of sp³-hybridized carbons (Fsp3) is 0.263. The second-order valence-corrected chi connectivity index (χ2v) is 6.16. The lowest BCUT2D eigenvalue weighted by Crippen LogP contribution is -2.42. The number of nitrogens with zero attached hydrogens (tertiary/aromatic N) is 2. The van der Waals surface area contributed by atoms with Crippen molar-refractivity contribution in [3.63, 3.8) is 0 Å². The van der Waals surface area contributed by atoms with Crippen molar-refractivity contribution in [3.8, 4) is 0 Å². The highest BCUT2D eigenvalue weighted by Crippen LogP contribution is 2.21. The summed E-state index contributed by atoms with van der Waals surface area (Å²) in [6.07, 6.45) is 1.88. The first-order chi connectivity index (χ1) is 12.1. The lowest BCUT2D eigenvalue weighted by atomic mass is 10.0. The summed E-state index contributed by atoms with van der Waals surface area (Å²) >= 11 is 0. The van der Waals surface area contributed by atoms with Crippen LogP contribution in [0.25, 0.3) is 10.8 Å². The molecule has 0 radical (unpaired) electrons. The third-order valence-corrected chi connectivity index (χ3v) is 4.58. The first kappa shape index (κ1) is 15.8. The van der Waals surface area contributed by atoms with Gasteiger partial charge in [-0.1, -0.05) is 42.5 Å². The van der Waals surface area contributed by atoms with Crippen molar-refractivity contribution in [2.45, 2.75) is 25.6 Å². The minimum atomic E-state index is -0.949. The maximum Gasteiger partial charge on any atom is 0.333 e. The lowest BCUT2D eigenvalue weighted by molar-refractivity contribution is 0.0504. The van der Waals surface area contributed by atoms with E-state index in [2.05, 4.69) is 0 Å². The van der Waals surface area contributed by atoms with E-state index in [1.54, 1.807) is 0 Å².